The van der Waals surface area contributed by atoms with Gasteiger partial charge in [-0.05, 0) is 12.1 Å². The maximum Gasteiger partial charge on any atom is 0.431 e. The first-order chi connectivity index (χ1) is 11.2. The van der Waals surface area contributed by atoms with E-state index >= 15 is 0 Å². The molecule has 0 aliphatic carbocycles. The molecule has 2 aromatic rings. The number of fused-ring (bicyclic) bond motifs is 1. The predicted octanol–water partition coefficient (Wildman–Crippen LogP) is -0.353. The van der Waals surface area contributed by atoms with E-state index in [1.54, 1.807) is 18.2 Å². The topological polar surface area (TPSA) is 72.0 Å². The molecule has 0 saturated heterocycles. The maximum absolute atomic E-state index is 13.4. The molecule has 1 unspecified atom stereocenters. The standard InChI is InChI=1S/C14H12F3N5O2/c1-20-10-9(11(23)21(2)13(20)24)19-22(8-6-4-3-5-7-8)12(18-10)14(15,16)17/h3-7,12H,1-2H3. The molecule has 0 bridgehead atoms. The van der Waals surface area contributed by atoms with Crippen molar-refractivity contribution < 1.29 is 13.2 Å². The quantitative estimate of drug-likeness (QED) is 0.713. The van der Waals surface area contributed by atoms with Crippen molar-refractivity contribution in [3.8, 4) is 0 Å². The van der Waals surface area contributed by atoms with Crippen LogP contribution in [0.15, 0.2) is 50.0 Å². The molecule has 126 valence electrons. The SMILES string of the molecule is Cn1c(=O)c2c(n(C)c1=O)=NC(C(F)(F)F)N(c1ccccc1)N=2. The Morgan fingerprint density at radius 3 is 2.25 bits per heavy atom. The van der Waals surface area contributed by atoms with Gasteiger partial charge in [0, 0.05) is 14.1 Å². The van der Waals surface area contributed by atoms with Gasteiger partial charge in [-0.15, -0.1) is 0 Å². The number of rotatable bonds is 1. The van der Waals surface area contributed by atoms with Crippen LogP contribution in [0.2, 0.25) is 0 Å². The van der Waals surface area contributed by atoms with Gasteiger partial charge in [-0.1, -0.05) is 18.2 Å². The van der Waals surface area contributed by atoms with Gasteiger partial charge in [-0.3, -0.25) is 13.9 Å². The number of benzene rings is 1. The van der Waals surface area contributed by atoms with E-state index in [1.165, 1.54) is 26.2 Å². The molecule has 0 spiro atoms. The van der Waals surface area contributed by atoms with E-state index in [2.05, 4.69) is 10.1 Å². The molecule has 1 aromatic heterocycles. The summed E-state index contributed by atoms with van der Waals surface area (Å²) in [5, 5.41) is 4.17. The second-order valence-corrected chi connectivity index (χ2v) is 5.20. The monoisotopic (exact) mass is 339 g/mol. The molecule has 0 fully saturated rings. The molecule has 24 heavy (non-hydrogen) atoms. The van der Waals surface area contributed by atoms with Gasteiger partial charge in [-0.25, -0.2) is 14.8 Å². The molecular weight excluding hydrogens is 327 g/mol. The van der Waals surface area contributed by atoms with E-state index in [4.69, 9.17) is 0 Å². The van der Waals surface area contributed by atoms with Crippen LogP contribution in [-0.4, -0.2) is 21.5 Å². The first-order valence-electron chi connectivity index (χ1n) is 6.85. The van der Waals surface area contributed by atoms with Gasteiger partial charge in [0.05, 0.1) is 5.69 Å². The zero-order chi connectivity index (χ0) is 17.6. The van der Waals surface area contributed by atoms with Crippen LogP contribution in [0, 0.1) is 0 Å². The molecular formula is C14H12F3N5O2. The lowest BCUT2D eigenvalue weighted by molar-refractivity contribution is -0.148. The fourth-order valence-electron chi connectivity index (χ4n) is 2.38. The number of nitrogens with zero attached hydrogens (tertiary/aromatic N) is 5. The van der Waals surface area contributed by atoms with Crippen LogP contribution < -0.4 is 27.1 Å². The van der Waals surface area contributed by atoms with Crippen LogP contribution in [-0.2, 0) is 14.1 Å². The highest BCUT2D eigenvalue weighted by atomic mass is 19.4. The molecule has 0 N–H and O–H groups in total. The number of para-hydroxylation sites is 1. The highest BCUT2D eigenvalue weighted by Gasteiger charge is 2.46. The number of aromatic nitrogens is 2. The van der Waals surface area contributed by atoms with Gasteiger partial charge >= 0.3 is 11.9 Å². The second-order valence-electron chi connectivity index (χ2n) is 5.20. The van der Waals surface area contributed by atoms with Crippen LogP contribution >= 0.6 is 0 Å². The number of anilines is 1. The van der Waals surface area contributed by atoms with E-state index in [0.717, 1.165) is 9.13 Å². The molecule has 10 heteroatoms. The Morgan fingerprint density at radius 1 is 1.04 bits per heavy atom. The van der Waals surface area contributed by atoms with Gasteiger partial charge in [-0.2, -0.15) is 18.3 Å². The largest absolute Gasteiger partial charge is 0.431 e. The van der Waals surface area contributed by atoms with Crippen molar-refractivity contribution in [3.63, 3.8) is 0 Å². The third-order valence-electron chi connectivity index (χ3n) is 3.61. The smallest absolute Gasteiger partial charge is 0.279 e. The van der Waals surface area contributed by atoms with Crippen LogP contribution in [0.3, 0.4) is 0 Å². The van der Waals surface area contributed by atoms with Gasteiger partial charge in [0.1, 0.15) is 0 Å². The van der Waals surface area contributed by atoms with E-state index in [-0.39, 0.29) is 11.0 Å². The fourth-order valence-corrected chi connectivity index (χ4v) is 2.38. The minimum atomic E-state index is -4.74. The average Bonchev–Trinajstić information content (AvgIpc) is 2.57. The summed E-state index contributed by atoms with van der Waals surface area (Å²) in [5.41, 5.74) is -1.84. The fraction of sp³-hybridized carbons (Fsp3) is 0.286. The molecule has 0 amide bonds. The van der Waals surface area contributed by atoms with Gasteiger partial charge in [0.2, 0.25) is 6.17 Å². The normalized spacial score (nSPS) is 17.0. The van der Waals surface area contributed by atoms with Crippen molar-refractivity contribution in [2.24, 2.45) is 24.2 Å². The maximum atomic E-state index is 13.4. The summed E-state index contributed by atoms with van der Waals surface area (Å²) in [5.74, 6) is 0. The molecule has 0 radical (unpaired) electrons. The third kappa shape index (κ3) is 2.39. The number of alkyl halides is 3. The highest BCUT2D eigenvalue weighted by Crippen LogP contribution is 2.30. The predicted molar refractivity (Wildman–Crippen MR) is 78.0 cm³/mol. The number of hydrogen-bond acceptors (Lipinski definition) is 5. The summed E-state index contributed by atoms with van der Waals surface area (Å²) in [6.45, 7) is 0. The summed E-state index contributed by atoms with van der Waals surface area (Å²) < 4.78 is 41.9. The zero-order valence-electron chi connectivity index (χ0n) is 12.7. The van der Waals surface area contributed by atoms with E-state index in [9.17, 15) is 22.8 Å². The molecule has 2 heterocycles. The summed E-state index contributed by atoms with van der Waals surface area (Å²) in [4.78, 5) is 27.7. The molecule has 7 nitrogen and oxygen atoms in total. The molecule has 1 aromatic carbocycles. The Kier molecular flexibility index (Phi) is 3.54. The van der Waals surface area contributed by atoms with Crippen LogP contribution in [0.4, 0.5) is 18.9 Å². The van der Waals surface area contributed by atoms with Crippen LogP contribution in [0.5, 0.6) is 0 Å². The van der Waals surface area contributed by atoms with Gasteiger partial charge in [0.15, 0.2) is 10.8 Å². The van der Waals surface area contributed by atoms with Crippen molar-refractivity contribution in [2.45, 2.75) is 12.3 Å². The Morgan fingerprint density at radius 2 is 1.67 bits per heavy atom. The van der Waals surface area contributed by atoms with Crippen molar-refractivity contribution in [3.05, 3.63) is 62.0 Å². The first kappa shape index (κ1) is 16.0. The third-order valence-corrected chi connectivity index (χ3v) is 3.61. The van der Waals surface area contributed by atoms with E-state index in [0.29, 0.717) is 5.01 Å². The minimum absolute atomic E-state index is 0.130. The van der Waals surface area contributed by atoms with E-state index < -0.39 is 29.1 Å². The van der Waals surface area contributed by atoms with Crippen molar-refractivity contribution in [1.29, 1.82) is 0 Å². The lowest BCUT2D eigenvalue weighted by atomic mass is 10.3. The minimum Gasteiger partial charge on any atom is -0.279 e. The molecule has 1 aliphatic heterocycles. The molecule has 1 aliphatic rings. The summed E-state index contributed by atoms with van der Waals surface area (Å²) in [6.07, 6.45) is -7.07. The number of hydrogen-bond donors (Lipinski definition) is 0. The van der Waals surface area contributed by atoms with Crippen LogP contribution in [0.25, 0.3) is 0 Å². The van der Waals surface area contributed by atoms with Crippen molar-refractivity contribution >= 4 is 5.69 Å². The average molecular weight is 339 g/mol. The Hall–Kier alpha value is -2.91. The summed E-state index contributed by atoms with van der Waals surface area (Å²) in [7, 11) is 2.47. The van der Waals surface area contributed by atoms with E-state index in [1.807, 2.05) is 0 Å². The van der Waals surface area contributed by atoms with Crippen molar-refractivity contribution in [2.75, 3.05) is 5.01 Å². The van der Waals surface area contributed by atoms with Gasteiger partial charge in [0.25, 0.3) is 5.56 Å². The Balaban J connectivity index is 2.40. The summed E-state index contributed by atoms with van der Waals surface area (Å²) >= 11 is 0. The second kappa shape index (κ2) is 5.32. The Bertz CT molecular complexity index is 1020. The van der Waals surface area contributed by atoms with Gasteiger partial charge < -0.3 is 0 Å². The van der Waals surface area contributed by atoms with Crippen molar-refractivity contribution in [1.82, 2.24) is 9.13 Å². The van der Waals surface area contributed by atoms with Crippen LogP contribution in [0.1, 0.15) is 0 Å². The summed E-state index contributed by atoms with van der Waals surface area (Å²) in [6, 6.07) is 7.59. The lowest BCUT2D eigenvalue weighted by Crippen LogP contribution is -2.62. The lowest BCUT2D eigenvalue weighted by Gasteiger charge is -2.29. The molecule has 3 rings (SSSR count). The highest BCUT2D eigenvalue weighted by molar-refractivity contribution is 5.46. The molecule has 1 atom stereocenters. The molecule has 0 saturated carbocycles. The zero-order valence-corrected chi connectivity index (χ0v) is 12.7. The Labute approximate surface area is 132 Å². The first-order valence-corrected chi connectivity index (χ1v) is 6.85. The number of halogens is 3.